The van der Waals surface area contributed by atoms with Crippen LogP contribution in [0.1, 0.15) is 10.5 Å². The average Bonchev–Trinajstić information content (AvgIpc) is 2.81. The van der Waals surface area contributed by atoms with E-state index >= 15 is 0 Å². The van der Waals surface area contributed by atoms with E-state index in [0.717, 1.165) is 32.8 Å². The zero-order chi connectivity index (χ0) is 13.7. The van der Waals surface area contributed by atoms with E-state index in [1.807, 2.05) is 7.05 Å². The molecule has 0 unspecified atom stereocenters. The third-order valence-electron chi connectivity index (χ3n) is 3.16. The van der Waals surface area contributed by atoms with Crippen LogP contribution in [0.25, 0.3) is 0 Å². The highest BCUT2D eigenvalue weighted by Crippen LogP contribution is 2.13. The van der Waals surface area contributed by atoms with Crippen LogP contribution < -0.4 is 10.2 Å². The summed E-state index contributed by atoms with van der Waals surface area (Å²) in [5.41, 5.74) is 1.30. The van der Waals surface area contributed by atoms with Crippen molar-refractivity contribution in [2.24, 2.45) is 7.05 Å². The Balaban J connectivity index is 1.78. The highest BCUT2D eigenvalue weighted by Gasteiger charge is 2.13. The van der Waals surface area contributed by atoms with Crippen molar-refractivity contribution in [2.75, 3.05) is 44.2 Å². The van der Waals surface area contributed by atoms with E-state index in [2.05, 4.69) is 15.1 Å². The van der Waals surface area contributed by atoms with Crippen molar-refractivity contribution in [2.45, 2.75) is 0 Å². The SMILES string of the molecule is Cn1cc(NCl)cc1C(=O)NCCN1CCOCC1. The molecule has 6 nitrogen and oxygen atoms in total. The molecule has 0 atom stereocenters. The predicted octanol–water partition coefficient (Wildman–Crippen LogP) is 0.653. The van der Waals surface area contributed by atoms with Gasteiger partial charge in [-0.2, -0.15) is 0 Å². The molecule has 0 saturated carbocycles. The topological polar surface area (TPSA) is 58.5 Å². The number of amides is 1. The van der Waals surface area contributed by atoms with Gasteiger partial charge in [-0.15, -0.1) is 0 Å². The molecule has 0 radical (unpaired) electrons. The molecule has 1 aliphatic heterocycles. The van der Waals surface area contributed by atoms with E-state index < -0.39 is 0 Å². The van der Waals surface area contributed by atoms with Crippen molar-refractivity contribution >= 4 is 23.4 Å². The van der Waals surface area contributed by atoms with E-state index in [0.29, 0.717) is 17.9 Å². The van der Waals surface area contributed by atoms with Crippen LogP contribution in [0.2, 0.25) is 0 Å². The third kappa shape index (κ3) is 3.86. The van der Waals surface area contributed by atoms with Gasteiger partial charge in [0.2, 0.25) is 0 Å². The summed E-state index contributed by atoms with van der Waals surface area (Å²) in [6.45, 7) is 4.89. The number of anilines is 1. The minimum Gasteiger partial charge on any atom is -0.379 e. The monoisotopic (exact) mass is 286 g/mol. The lowest BCUT2D eigenvalue weighted by Gasteiger charge is -2.26. The van der Waals surface area contributed by atoms with Gasteiger partial charge in [0, 0.05) is 51.2 Å². The molecule has 7 heteroatoms. The van der Waals surface area contributed by atoms with Crippen molar-refractivity contribution < 1.29 is 9.53 Å². The molecule has 2 rings (SSSR count). The van der Waals surface area contributed by atoms with Crippen LogP contribution in [0.3, 0.4) is 0 Å². The van der Waals surface area contributed by atoms with Crippen LogP contribution >= 0.6 is 11.8 Å². The number of nitrogens with zero attached hydrogens (tertiary/aromatic N) is 2. The number of halogens is 1. The second kappa shape index (κ2) is 6.79. The lowest BCUT2D eigenvalue weighted by Crippen LogP contribution is -2.41. The fourth-order valence-corrected chi connectivity index (χ4v) is 2.19. The van der Waals surface area contributed by atoms with Crippen LogP contribution in [0.15, 0.2) is 12.3 Å². The minimum atomic E-state index is -0.0890. The normalized spacial score (nSPS) is 16.3. The molecule has 1 saturated heterocycles. The standard InChI is InChI=1S/C12H19ClN4O2/c1-16-9-10(15-13)8-11(16)12(18)14-2-3-17-4-6-19-7-5-17/h8-9,15H,2-7H2,1H3,(H,14,18). The highest BCUT2D eigenvalue weighted by atomic mass is 35.5. The summed E-state index contributed by atoms with van der Waals surface area (Å²) in [6.07, 6.45) is 1.77. The van der Waals surface area contributed by atoms with Crippen molar-refractivity contribution in [3.05, 3.63) is 18.0 Å². The third-order valence-corrected chi connectivity index (χ3v) is 3.38. The summed E-state index contributed by atoms with van der Waals surface area (Å²) in [7, 11) is 1.81. The Kier molecular flexibility index (Phi) is 5.07. The molecular weight excluding hydrogens is 268 g/mol. The number of rotatable bonds is 5. The zero-order valence-corrected chi connectivity index (χ0v) is 11.7. The van der Waals surface area contributed by atoms with Crippen molar-refractivity contribution in [3.63, 3.8) is 0 Å². The van der Waals surface area contributed by atoms with E-state index in [4.69, 9.17) is 16.5 Å². The Morgan fingerprint density at radius 1 is 1.47 bits per heavy atom. The van der Waals surface area contributed by atoms with E-state index in [-0.39, 0.29) is 5.91 Å². The molecule has 1 amide bonds. The molecule has 1 aromatic rings. The molecule has 1 aromatic heterocycles. The molecule has 106 valence electrons. The number of nitrogens with one attached hydrogen (secondary N) is 2. The quantitative estimate of drug-likeness (QED) is 0.781. The first kappa shape index (κ1) is 14.2. The van der Waals surface area contributed by atoms with Gasteiger partial charge in [-0.05, 0) is 6.07 Å². The summed E-state index contributed by atoms with van der Waals surface area (Å²) < 4.78 is 7.02. The maximum absolute atomic E-state index is 12.0. The molecule has 0 bridgehead atoms. The molecule has 2 N–H and O–H groups in total. The van der Waals surface area contributed by atoms with Crippen LogP contribution in [0.5, 0.6) is 0 Å². The zero-order valence-electron chi connectivity index (χ0n) is 11.0. The molecule has 1 fully saturated rings. The fraction of sp³-hybridized carbons (Fsp3) is 0.583. The van der Waals surface area contributed by atoms with Crippen LogP contribution in [0.4, 0.5) is 5.69 Å². The van der Waals surface area contributed by atoms with E-state index in [9.17, 15) is 4.79 Å². The summed E-state index contributed by atoms with van der Waals surface area (Å²) in [5.74, 6) is -0.0890. The number of carbonyl (C=O) groups is 1. The van der Waals surface area contributed by atoms with Crippen LogP contribution in [0, 0.1) is 0 Å². The number of carbonyl (C=O) groups excluding carboxylic acids is 1. The molecule has 2 heterocycles. The number of aromatic nitrogens is 1. The van der Waals surface area contributed by atoms with Gasteiger partial charge in [0.05, 0.1) is 18.9 Å². The lowest BCUT2D eigenvalue weighted by atomic mass is 10.3. The van der Waals surface area contributed by atoms with Gasteiger partial charge in [-0.3, -0.25) is 14.5 Å². The van der Waals surface area contributed by atoms with E-state index in [1.54, 1.807) is 16.8 Å². The van der Waals surface area contributed by atoms with Gasteiger partial charge in [-0.1, -0.05) is 0 Å². The molecule has 19 heavy (non-hydrogen) atoms. The van der Waals surface area contributed by atoms with Gasteiger partial charge in [-0.25, -0.2) is 0 Å². The number of hydrogen-bond donors (Lipinski definition) is 2. The first-order valence-corrected chi connectivity index (χ1v) is 6.70. The minimum absolute atomic E-state index is 0.0890. The van der Waals surface area contributed by atoms with Crippen molar-refractivity contribution in [3.8, 4) is 0 Å². The Morgan fingerprint density at radius 3 is 2.84 bits per heavy atom. The number of aryl methyl sites for hydroxylation is 1. The smallest absolute Gasteiger partial charge is 0.268 e. The second-order valence-electron chi connectivity index (χ2n) is 4.53. The Morgan fingerprint density at radius 2 is 2.21 bits per heavy atom. The average molecular weight is 287 g/mol. The van der Waals surface area contributed by atoms with Crippen molar-refractivity contribution in [1.82, 2.24) is 14.8 Å². The maximum Gasteiger partial charge on any atom is 0.268 e. The van der Waals surface area contributed by atoms with Crippen LogP contribution in [-0.2, 0) is 11.8 Å². The first-order chi connectivity index (χ1) is 9.20. The molecular formula is C12H19ClN4O2. The lowest BCUT2D eigenvalue weighted by molar-refractivity contribution is 0.0383. The van der Waals surface area contributed by atoms with Gasteiger partial charge >= 0.3 is 0 Å². The summed E-state index contributed by atoms with van der Waals surface area (Å²) >= 11 is 5.51. The van der Waals surface area contributed by atoms with Crippen molar-refractivity contribution in [1.29, 1.82) is 0 Å². The molecule has 0 aliphatic carbocycles. The fourth-order valence-electron chi connectivity index (χ4n) is 2.08. The van der Waals surface area contributed by atoms with Gasteiger partial charge in [0.1, 0.15) is 5.69 Å². The maximum atomic E-state index is 12.0. The molecule has 0 spiro atoms. The van der Waals surface area contributed by atoms with Gasteiger partial charge < -0.3 is 14.6 Å². The first-order valence-electron chi connectivity index (χ1n) is 6.32. The second-order valence-corrected chi connectivity index (χ2v) is 4.72. The number of hydrogen-bond acceptors (Lipinski definition) is 4. The summed E-state index contributed by atoms with van der Waals surface area (Å²) in [5, 5.41) is 2.91. The Bertz CT molecular complexity index is 429. The van der Waals surface area contributed by atoms with Crippen LogP contribution in [-0.4, -0.2) is 54.8 Å². The summed E-state index contributed by atoms with van der Waals surface area (Å²) in [6, 6.07) is 1.72. The largest absolute Gasteiger partial charge is 0.379 e. The Hall–Kier alpha value is -1.24. The Labute approximate surface area is 117 Å². The van der Waals surface area contributed by atoms with Gasteiger partial charge in [0.25, 0.3) is 5.91 Å². The summed E-state index contributed by atoms with van der Waals surface area (Å²) in [4.78, 5) is 16.8. The molecule has 0 aromatic carbocycles. The van der Waals surface area contributed by atoms with E-state index in [1.165, 1.54) is 0 Å². The highest BCUT2D eigenvalue weighted by molar-refractivity contribution is 6.24. The van der Waals surface area contributed by atoms with Gasteiger partial charge in [0.15, 0.2) is 0 Å². The molecule has 1 aliphatic rings. The number of ether oxygens (including phenoxy) is 1. The number of morpholine rings is 1. The predicted molar refractivity (Wildman–Crippen MR) is 74.5 cm³/mol.